The molecule has 0 fully saturated rings. The Morgan fingerprint density at radius 2 is 1.93 bits per heavy atom. The van der Waals surface area contributed by atoms with E-state index in [4.69, 9.17) is 0 Å². The minimum absolute atomic E-state index is 0.142. The van der Waals surface area contributed by atoms with Crippen molar-refractivity contribution in [3.8, 4) is 0 Å². The summed E-state index contributed by atoms with van der Waals surface area (Å²) in [4.78, 5) is 42.3. The van der Waals surface area contributed by atoms with Crippen LogP contribution in [-0.4, -0.2) is 38.7 Å². The Hall–Kier alpha value is -3.43. The van der Waals surface area contributed by atoms with E-state index in [0.717, 1.165) is 4.57 Å². The normalized spacial score (nSPS) is 11.0. The minimum Gasteiger partial charge on any atom is -0.375 e. The molecule has 1 amide bonds. The van der Waals surface area contributed by atoms with Crippen molar-refractivity contribution in [2.24, 2.45) is 14.1 Å². The van der Waals surface area contributed by atoms with Crippen LogP contribution < -0.4 is 21.5 Å². The van der Waals surface area contributed by atoms with Crippen LogP contribution in [0.3, 0.4) is 0 Å². The quantitative estimate of drug-likeness (QED) is 0.708. The van der Waals surface area contributed by atoms with Crippen molar-refractivity contribution < 1.29 is 9.18 Å². The summed E-state index contributed by atoms with van der Waals surface area (Å²) in [5, 5.41) is 2.59. The molecule has 142 valence electrons. The van der Waals surface area contributed by atoms with Crippen LogP contribution in [0.1, 0.15) is 0 Å². The predicted molar refractivity (Wildman–Crippen MR) is 99.6 cm³/mol. The molecule has 0 aliphatic rings. The molecule has 0 bridgehead atoms. The number of hydrogen-bond donors (Lipinski definition) is 1. The van der Waals surface area contributed by atoms with Gasteiger partial charge in [-0.3, -0.25) is 18.7 Å². The van der Waals surface area contributed by atoms with Crippen molar-refractivity contribution in [3.05, 3.63) is 51.2 Å². The molecule has 3 aromatic rings. The standard InChI is InChI=1S/C17H19FN6O3/c1-21(2)12-6-5-10(7-11(12)18)20-13(25)8-24-9-19-15-14(24)16(26)23(4)17(27)22(15)3/h5-7,9H,8H2,1-4H3,(H,20,25). The maximum Gasteiger partial charge on any atom is 0.332 e. The number of nitrogens with one attached hydrogen (secondary N) is 1. The number of rotatable bonds is 4. The number of hydrogen-bond acceptors (Lipinski definition) is 5. The highest BCUT2D eigenvalue weighted by Gasteiger charge is 2.16. The summed E-state index contributed by atoms with van der Waals surface area (Å²) >= 11 is 0. The third kappa shape index (κ3) is 3.21. The first kappa shape index (κ1) is 18.4. The zero-order chi connectivity index (χ0) is 19.9. The molecule has 0 radical (unpaired) electrons. The van der Waals surface area contributed by atoms with Crippen molar-refractivity contribution in [2.45, 2.75) is 6.54 Å². The molecule has 1 N–H and O–H groups in total. The number of benzene rings is 1. The molecular formula is C17H19FN6O3. The van der Waals surface area contributed by atoms with Gasteiger partial charge in [-0.1, -0.05) is 0 Å². The van der Waals surface area contributed by atoms with Crippen molar-refractivity contribution in [3.63, 3.8) is 0 Å². The Kier molecular flexibility index (Phi) is 4.56. The Morgan fingerprint density at radius 3 is 2.56 bits per heavy atom. The molecule has 0 aliphatic carbocycles. The zero-order valence-corrected chi connectivity index (χ0v) is 15.4. The lowest BCUT2D eigenvalue weighted by Gasteiger charge is -2.14. The Balaban J connectivity index is 1.88. The topological polar surface area (TPSA) is 94.2 Å². The van der Waals surface area contributed by atoms with E-state index in [-0.39, 0.29) is 17.7 Å². The highest BCUT2D eigenvalue weighted by molar-refractivity contribution is 5.91. The van der Waals surface area contributed by atoms with E-state index in [9.17, 15) is 18.8 Å². The predicted octanol–water partition coefficient (Wildman–Crippen LogP) is 0.277. The number of halogens is 1. The lowest BCUT2D eigenvalue weighted by atomic mass is 10.2. The number of aryl methyl sites for hydroxylation is 1. The van der Waals surface area contributed by atoms with E-state index in [0.29, 0.717) is 11.4 Å². The number of fused-ring (bicyclic) bond motifs is 1. The fraction of sp³-hybridized carbons (Fsp3) is 0.294. The van der Waals surface area contributed by atoms with Crippen LogP contribution in [0, 0.1) is 5.82 Å². The monoisotopic (exact) mass is 374 g/mol. The minimum atomic E-state index is -0.542. The number of imidazole rings is 1. The average molecular weight is 374 g/mol. The van der Waals surface area contributed by atoms with Gasteiger partial charge in [0.25, 0.3) is 5.56 Å². The number of amides is 1. The second-order valence-corrected chi connectivity index (χ2v) is 6.36. The van der Waals surface area contributed by atoms with Gasteiger partial charge >= 0.3 is 5.69 Å². The molecular weight excluding hydrogens is 355 g/mol. The first-order valence-electron chi connectivity index (χ1n) is 8.08. The van der Waals surface area contributed by atoms with Gasteiger partial charge in [-0.15, -0.1) is 0 Å². The number of aromatic nitrogens is 4. The molecule has 0 saturated heterocycles. The van der Waals surface area contributed by atoms with Gasteiger partial charge in [0.1, 0.15) is 12.4 Å². The van der Waals surface area contributed by atoms with Gasteiger partial charge in [-0.25, -0.2) is 14.2 Å². The maximum absolute atomic E-state index is 14.0. The van der Waals surface area contributed by atoms with Crippen LogP contribution >= 0.6 is 0 Å². The highest BCUT2D eigenvalue weighted by atomic mass is 19.1. The highest BCUT2D eigenvalue weighted by Crippen LogP contribution is 2.21. The summed E-state index contributed by atoms with van der Waals surface area (Å²) in [5.41, 5.74) is -0.00885. The largest absolute Gasteiger partial charge is 0.375 e. The Bertz CT molecular complexity index is 1160. The van der Waals surface area contributed by atoms with Gasteiger partial charge in [0.15, 0.2) is 11.2 Å². The van der Waals surface area contributed by atoms with Crippen LogP contribution in [0.4, 0.5) is 15.8 Å². The molecule has 0 aliphatic heterocycles. The summed E-state index contributed by atoms with van der Waals surface area (Å²) in [7, 11) is 6.29. The maximum atomic E-state index is 14.0. The van der Waals surface area contributed by atoms with Gasteiger partial charge < -0.3 is 14.8 Å². The van der Waals surface area contributed by atoms with Crippen LogP contribution in [0.2, 0.25) is 0 Å². The molecule has 10 heteroatoms. The van der Waals surface area contributed by atoms with Crippen LogP contribution in [-0.2, 0) is 25.4 Å². The van der Waals surface area contributed by atoms with Crippen LogP contribution in [0.5, 0.6) is 0 Å². The molecule has 0 spiro atoms. The second kappa shape index (κ2) is 6.71. The SMILES string of the molecule is CN(C)c1ccc(NC(=O)Cn2cnc3c2c(=O)n(C)c(=O)n3C)cc1F. The van der Waals surface area contributed by atoms with E-state index in [1.54, 1.807) is 31.1 Å². The molecule has 1 aromatic carbocycles. The molecule has 0 saturated carbocycles. The summed E-state index contributed by atoms with van der Waals surface area (Å²) in [6.07, 6.45) is 1.32. The molecule has 0 unspecified atom stereocenters. The molecule has 3 rings (SSSR count). The Morgan fingerprint density at radius 1 is 1.22 bits per heavy atom. The zero-order valence-electron chi connectivity index (χ0n) is 15.4. The number of anilines is 2. The van der Waals surface area contributed by atoms with E-state index < -0.39 is 23.0 Å². The van der Waals surface area contributed by atoms with Crippen molar-refractivity contribution in [1.82, 2.24) is 18.7 Å². The van der Waals surface area contributed by atoms with E-state index >= 15 is 0 Å². The Labute approximate surface area is 153 Å². The summed E-state index contributed by atoms with van der Waals surface area (Å²) in [5.74, 6) is -0.919. The van der Waals surface area contributed by atoms with Crippen molar-refractivity contribution in [2.75, 3.05) is 24.3 Å². The number of carbonyl (C=O) groups excluding carboxylic acids is 1. The fourth-order valence-electron chi connectivity index (χ4n) is 2.82. The third-order valence-corrected chi connectivity index (χ3v) is 4.24. The first-order valence-corrected chi connectivity index (χ1v) is 8.08. The van der Waals surface area contributed by atoms with Gasteiger partial charge in [0, 0.05) is 33.9 Å². The summed E-state index contributed by atoms with van der Waals surface area (Å²) < 4.78 is 17.6. The van der Waals surface area contributed by atoms with Crippen LogP contribution in [0.25, 0.3) is 11.2 Å². The molecule has 2 aromatic heterocycles. The summed E-state index contributed by atoms with van der Waals surface area (Å²) in [6.45, 7) is -0.207. The van der Waals surface area contributed by atoms with Gasteiger partial charge in [-0.05, 0) is 18.2 Å². The first-order chi connectivity index (χ1) is 12.7. The fourth-order valence-corrected chi connectivity index (χ4v) is 2.82. The smallest absolute Gasteiger partial charge is 0.332 e. The van der Waals surface area contributed by atoms with Gasteiger partial charge in [0.2, 0.25) is 5.91 Å². The van der Waals surface area contributed by atoms with Gasteiger partial charge in [-0.2, -0.15) is 0 Å². The number of nitrogens with zero attached hydrogens (tertiary/aromatic N) is 5. The average Bonchev–Trinajstić information content (AvgIpc) is 3.01. The van der Waals surface area contributed by atoms with E-state index in [1.165, 1.54) is 35.6 Å². The molecule has 9 nitrogen and oxygen atoms in total. The lowest BCUT2D eigenvalue weighted by Crippen LogP contribution is -2.37. The lowest BCUT2D eigenvalue weighted by molar-refractivity contribution is -0.116. The molecule has 0 atom stereocenters. The van der Waals surface area contributed by atoms with Gasteiger partial charge in [0.05, 0.1) is 12.0 Å². The van der Waals surface area contributed by atoms with E-state index in [2.05, 4.69) is 10.3 Å². The molecule has 2 heterocycles. The third-order valence-electron chi connectivity index (χ3n) is 4.24. The number of carbonyl (C=O) groups is 1. The summed E-state index contributed by atoms with van der Waals surface area (Å²) in [6, 6.07) is 4.37. The van der Waals surface area contributed by atoms with Crippen molar-refractivity contribution >= 4 is 28.4 Å². The van der Waals surface area contributed by atoms with E-state index in [1.807, 2.05) is 0 Å². The van der Waals surface area contributed by atoms with Crippen molar-refractivity contribution in [1.29, 1.82) is 0 Å². The molecule has 27 heavy (non-hydrogen) atoms. The van der Waals surface area contributed by atoms with Crippen LogP contribution in [0.15, 0.2) is 34.1 Å². The second-order valence-electron chi connectivity index (χ2n) is 6.36.